The molecule has 6 heteroatoms. The number of rotatable bonds is 5. The van der Waals surface area contributed by atoms with Crippen molar-refractivity contribution >= 4 is 16.7 Å². The molecule has 0 aliphatic carbocycles. The minimum absolute atomic E-state index is 0.632. The summed E-state index contributed by atoms with van der Waals surface area (Å²) >= 11 is 0. The Hall–Kier alpha value is -2.44. The zero-order chi connectivity index (χ0) is 19.5. The maximum absolute atomic E-state index is 12.6. The third-order valence-corrected chi connectivity index (χ3v) is 6.42. The summed E-state index contributed by atoms with van der Waals surface area (Å²) in [6.45, 7) is 5.81. The first-order valence-corrected chi connectivity index (χ1v) is 10.8. The molecule has 1 fully saturated rings. The molecule has 1 aliphatic rings. The zero-order valence-corrected chi connectivity index (χ0v) is 17.0. The SMILES string of the molecule is Cc1noc(C)c1NS(=O)c1ccc(-c2cccc(C3CCNCC3)c2)cc1. The van der Waals surface area contributed by atoms with Crippen LogP contribution >= 0.6 is 0 Å². The van der Waals surface area contributed by atoms with Gasteiger partial charge in [0.25, 0.3) is 0 Å². The van der Waals surface area contributed by atoms with Crippen LogP contribution in [0.5, 0.6) is 0 Å². The predicted molar refractivity (Wildman–Crippen MR) is 113 cm³/mol. The van der Waals surface area contributed by atoms with Gasteiger partial charge in [0.05, 0.1) is 4.90 Å². The molecule has 4 rings (SSSR count). The maximum Gasteiger partial charge on any atom is 0.157 e. The predicted octanol–water partition coefficient (Wildman–Crippen LogP) is 4.56. The molecule has 0 radical (unpaired) electrons. The van der Waals surface area contributed by atoms with Crippen molar-refractivity contribution < 1.29 is 8.73 Å². The summed E-state index contributed by atoms with van der Waals surface area (Å²) < 4.78 is 20.8. The van der Waals surface area contributed by atoms with Crippen molar-refractivity contribution in [2.45, 2.75) is 37.5 Å². The Balaban J connectivity index is 1.51. The second kappa shape index (κ2) is 8.29. The topological polar surface area (TPSA) is 67.2 Å². The van der Waals surface area contributed by atoms with Crippen LogP contribution in [-0.4, -0.2) is 22.5 Å². The number of nitrogens with zero attached hydrogens (tertiary/aromatic N) is 1. The largest absolute Gasteiger partial charge is 0.359 e. The molecule has 1 atom stereocenters. The highest BCUT2D eigenvalue weighted by molar-refractivity contribution is 7.86. The summed E-state index contributed by atoms with van der Waals surface area (Å²) in [5.74, 6) is 1.27. The minimum atomic E-state index is -1.36. The quantitative estimate of drug-likeness (QED) is 0.665. The Kier molecular flexibility index (Phi) is 5.59. The molecule has 1 aromatic heterocycles. The highest BCUT2D eigenvalue weighted by Gasteiger charge is 2.16. The van der Waals surface area contributed by atoms with E-state index in [0.29, 0.717) is 23.1 Å². The molecule has 0 bridgehead atoms. The first-order valence-electron chi connectivity index (χ1n) is 9.64. The third kappa shape index (κ3) is 4.03. The van der Waals surface area contributed by atoms with E-state index in [-0.39, 0.29) is 0 Å². The van der Waals surface area contributed by atoms with E-state index >= 15 is 0 Å². The number of aromatic nitrogens is 1. The molecular weight excluding hydrogens is 370 g/mol. The Morgan fingerprint density at radius 3 is 2.50 bits per heavy atom. The van der Waals surface area contributed by atoms with E-state index in [1.54, 1.807) is 6.92 Å². The number of benzene rings is 2. The van der Waals surface area contributed by atoms with E-state index < -0.39 is 11.0 Å². The number of nitrogens with one attached hydrogen (secondary N) is 2. The fourth-order valence-corrected chi connectivity index (χ4v) is 4.66. The third-order valence-electron chi connectivity index (χ3n) is 5.33. The summed E-state index contributed by atoms with van der Waals surface area (Å²) in [7, 11) is -1.36. The lowest BCUT2D eigenvalue weighted by molar-refractivity contribution is 0.393. The molecule has 1 unspecified atom stereocenters. The van der Waals surface area contributed by atoms with E-state index in [1.807, 2.05) is 31.2 Å². The van der Waals surface area contributed by atoms with Gasteiger partial charge in [-0.1, -0.05) is 41.6 Å². The van der Waals surface area contributed by atoms with Gasteiger partial charge >= 0.3 is 0 Å². The van der Waals surface area contributed by atoms with E-state index in [0.717, 1.165) is 23.5 Å². The Bertz CT molecular complexity index is 956. The van der Waals surface area contributed by atoms with E-state index in [2.05, 4.69) is 39.5 Å². The van der Waals surface area contributed by atoms with Gasteiger partial charge in [0.1, 0.15) is 22.4 Å². The molecule has 1 aliphatic heterocycles. The van der Waals surface area contributed by atoms with Crippen LogP contribution in [0, 0.1) is 13.8 Å². The molecule has 2 heterocycles. The normalized spacial score (nSPS) is 16.1. The monoisotopic (exact) mass is 395 g/mol. The van der Waals surface area contributed by atoms with Crippen LogP contribution in [0.3, 0.4) is 0 Å². The van der Waals surface area contributed by atoms with Crippen LogP contribution in [0.4, 0.5) is 5.69 Å². The molecule has 0 saturated carbocycles. The van der Waals surface area contributed by atoms with Crippen molar-refractivity contribution in [3.8, 4) is 11.1 Å². The maximum atomic E-state index is 12.6. The smallest absolute Gasteiger partial charge is 0.157 e. The lowest BCUT2D eigenvalue weighted by Gasteiger charge is -2.23. The van der Waals surface area contributed by atoms with Gasteiger partial charge in [-0.3, -0.25) is 4.72 Å². The molecule has 3 aromatic rings. The lowest BCUT2D eigenvalue weighted by atomic mass is 9.88. The minimum Gasteiger partial charge on any atom is -0.359 e. The van der Waals surface area contributed by atoms with Crippen molar-refractivity contribution in [2.24, 2.45) is 0 Å². The first-order chi connectivity index (χ1) is 13.6. The molecule has 1 saturated heterocycles. The first kappa shape index (κ1) is 18.9. The molecule has 28 heavy (non-hydrogen) atoms. The van der Waals surface area contributed by atoms with Gasteiger partial charge in [-0.15, -0.1) is 0 Å². The number of hydrogen-bond donors (Lipinski definition) is 2. The van der Waals surface area contributed by atoms with Crippen molar-refractivity contribution in [3.63, 3.8) is 0 Å². The van der Waals surface area contributed by atoms with Crippen LogP contribution in [0.15, 0.2) is 57.9 Å². The average molecular weight is 396 g/mol. The summed E-state index contributed by atoms with van der Waals surface area (Å²) in [6.07, 6.45) is 2.38. The molecular formula is C22H25N3O2S. The Labute approximate surface area is 168 Å². The van der Waals surface area contributed by atoms with Gasteiger partial charge in [0, 0.05) is 0 Å². The van der Waals surface area contributed by atoms with Gasteiger partial charge in [-0.2, -0.15) is 0 Å². The number of aryl methyl sites for hydroxylation is 2. The van der Waals surface area contributed by atoms with E-state index in [1.165, 1.54) is 24.0 Å². The van der Waals surface area contributed by atoms with Crippen LogP contribution in [0.1, 0.15) is 35.8 Å². The number of anilines is 1. The van der Waals surface area contributed by atoms with Crippen molar-refractivity contribution in [1.29, 1.82) is 0 Å². The van der Waals surface area contributed by atoms with Gasteiger partial charge in [-0.25, -0.2) is 4.21 Å². The van der Waals surface area contributed by atoms with Crippen LogP contribution in [-0.2, 0) is 11.0 Å². The van der Waals surface area contributed by atoms with Crippen LogP contribution in [0.2, 0.25) is 0 Å². The summed E-state index contributed by atoms with van der Waals surface area (Å²) in [6, 6.07) is 16.7. The Morgan fingerprint density at radius 1 is 1.07 bits per heavy atom. The fraction of sp³-hybridized carbons (Fsp3) is 0.318. The van der Waals surface area contributed by atoms with Gasteiger partial charge in [0.2, 0.25) is 0 Å². The average Bonchev–Trinajstić information content (AvgIpc) is 3.06. The molecule has 0 spiro atoms. The summed E-state index contributed by atoms with van der Waals surface area (Å²) in [5.41, 5.74) is 5.14. The van der Waals surface area contributed by atoms with E-state index in [4.69, 9.17) is 4.52 Å². The van der Waals surface area contributed by atoms with Gasteiger partial charge in [-0.05, 0) is 74.5 Å². The summed E-state index contributed by atoms with van der Waals surface area (Å²) in [5, 5.41) is 7.31. The molecule has 2 aromatic carbocycles. The number of hydrogen-bond acceptors (Lipinski definition) is 4. The summed E-state index contributed by atoms with van der Waals surface area (Å²) in [4.78, 5) is 0.721. The fourth-order valence-electron chi connectivity index (χ4n) is 3.68. The van der Waals surface area contributed by atoms with Crippen molar-refractivity contribution in [3.05, 3.63) is 65.5 Å². The van der Waals surface area contributed by atoms with Crippen LogP contribution < -0.4 is 10.0 Å². The van der Waals surface area contributed by atoms with Gasteiger partial charge in [0.15, 0.2) is 5.76 Å². The Morgan fingerprint density at radius 2 is 1.82 bits per heavy atom. The highest BCUT2D eigenvalue weighted by atomic mass is 32.2. The number of piperidine rings is 1. The molecule has 146 valence electrons. The van der Waals surface area contributed by atoms with Gasteiger partial charge < -0.3 is 9.84 Å². The standard InChI is InChI=1S/C22H25N3O2S/c1-15-22(16(2)27-24-15)25-28(26)21-8-6-17(7-9-21)19-4-3-5-20(14-19)18-10-12-23-13-11-18/h3-9,14,18,23,25H,10-13H2,1-2H3. The highest BCUT2D eigenvalue weighted by Crippen LogP contribution is 2.29. The molecule has 2 N–H and O–H groups in total. The van der Waals surface area contributed by atoms with Crippen LogP contribution in [0.25, 0.3) is 11.1 Å². The molecule has 5 nitrogen and oxygen atoms in total. The second-order valence-electron chi connectivity index (χ2n) is 7.24. The van der Waals surface area contributed by atoms with E-state index in [9.17, 15) is 4.21 Å². The molecule has 0 amide bonds. The van der Waals surface area contributed by atoms with Crippen molar-refractivity contribution in [1.82, 2.24) is 10.5 Å². The zero-order valence-electron chi connectivity index (χ0n) is 16.2. The van der Waals surface area contributed by atoms with Crippen molar-refractivity contribution in [2.75, 3.05) is 17.8 Å². The lowest BCUT2D eigenvalue weighted by Crippen LogP contribution is -2.26. The second-order valence-corrected chi connectivity index (χ2v) is 8.46.